The predicted octanol–water partition coefficient (Wildman–Crippen LogP) is 3.63. The monoisotopic (exact) mass is 404 g/mol. The van der Waals surface area contributed by atoms with Crippen LogP contribution in [-0.4, -0.2) is 27.9 Å². The first kappa shape index (κ1) is 18.5. The summed E-state index contributed by atoms with van der Waals surface area (Å²) in [5.74, 6) is -0.0347. The number of carbonyl (C=O) groups excluding carboxylic acids is 2. The van der Waals surface area contributed by atoms with Crippen molar-refractivity contribution >= 4 is 23.2 Å². The Labute approximate surface area is 173 Å². The summed E-state index contributed by atoms with van der Waals surface area (Å²) in [6.07, 6.45) is 4.12. The summed E-state index contributed by atoms with van der Waals surface area (Å²) in [7, 11) is 0. The van der Waals surface area contributed by atoms with Crippen molar-refractivity contribution in [2.75, 3.05) is 16.8 Å². The molecule has 2 aliphatic heterocycles. The van der Waals surface area contributed by atoms with Crippen LogP contribution >= 0.6 is 0 Å². The van der Waals surface area contributed by atoms with E-state index in [1.54, 1.807) is 12.1 Å². The minimum absolute atomic E-state index is 0.134. The molecule has 1 atom stereocenters. The molecule has 0 radical (unpaired) electrons. The Morgan fingerprint density at radius 2 is 2.00 bits per heavy atom. The molecule has 2 amide bonds. The van der Waals surface area contributed by atoms with Gasteiger partial charge in [-0.15, -0.1) is 0 Å². The van der Waals surface area contributed by atoms with Crippen LogP contribution in [0.25, 0.3) is 11.3 Å². The van der Waals surface area contributed by atoms with Crippen molar-refractivity contribution in [2.24, 2.45) is 5.92 Å². The third-order valence-electron chi connectivity index (χ3n) is 5.78. The van der Waals surface area contributed by atoms with Gasteiger partial charge in [0.2, 0.25) is 11.8 Å². The van der Waals surface area contributed by atoms with E-state index in [2.05, 4.69) is 14.9 Å². The number of amides is 2. The maximum absolute atomic E-state index is 13.2. The van der Waals surface area contributed by atoms with Crippen molar-refractivity contribution in [1.29, 1.82) is 0 Å². The van der Waals surface area contributed by atoms with E-state index in [0.29, 0.717) is 11.4 Å². The van der Waals surface area contributed by atoms with Gasteiger partial charge in [-0.2, -0.15) is 0 Å². The number of halogens is 1. The number of nitrogens with zero attached hydrogens (tertiary/aromatic N) is 3. The summed E-state index contributed by atoms with van der Waals surface area (Å²) in [5, 5.41) is 2.95. The molecule has 0 bridgehead atoms. The van der Waals surface area contributed by atoms with Crippen LogP contribution in [0.4, 0.5) is 15.8 Å². The zero-order valence-electron chi connectivity index (χ0n) is 16.3. The predicted molar refractivity (Wildman–Crippen MR) is 111 cm³/mol. The molecule has 1 aromatic heterocycles. The van der Waals surface area contributed by atoms with Gasteiger partial charge < -0.3 is 14.8 Å². The summed E-state index contributed by atoms with van der Waals surface area (Å²) >= 11 is 0. The summed E-state index contributed by atoms with van der Waals surface area (Å²) in [4.78, 5) is 31.2. The Morgan fingerprint density at radius 3 is 2.83 bits per heavy atom. The molecule has 1 N–H and O–H groups in total. The van der Waals surface area contributed by atoms with Crippen molar-refractivity contribution in [3.05, 3.63) is 66.4 Å². The van der Waals surface area contributed by atoms with E-state index in [0.717, 1.165) is 36.5 Å². The minimum Gasteiger partial charge on any atom is -0.328 e. The van der Waals surface area contributed by atoms with Crippen molar-refractivity contribution in [1.82, 2.24) is 9.55 Å². The second kappa shape index (κ2) is 7.40. The van der Waals surface area contributed by atoms with E-state index >= 15 is 0 Å². The van der Waals surface area contributed by atoms with E-state index in [9.17, 15) is 14.0 Å². The van der Waals surface area contributed by atoms with E-state index in [1.807, 2.05) is 30.5 Å². The van der Waals surface area contributed by atoms with Crippen molar-refractivity contribution in [3.63, 3.8) is 0 Å². The van der Waals surface area contributed by atoms with E-state index in [-0.39, 0.29) is 30.6 Å². The van der Waals surface area contributed by atoms with Gasteiger partial charge in [0.05, 0.1) is 17.8 Å². The molecule has 1 saturated heterocycles. The number of benzene rings is 2. The van der Waals surface area contributed by atoms with Crippen molar-refractivity contribution in [2.45, 2.75) is 25.8 Å². The normalized spacial score (nSPS) is 18.0. The Kier molecular flexibility index (Phi) is 4.58. The van der Waals surface area contributed by atoms with Gasteiger partial charge in [0.1, 0.15) is 11.6 Å². The fourth-order valence-corrected chi connectivity index (χ4v) is 4.24. The topological polar surface area (TPSA) is 67.2 Å². The number of hydrogen-bond acceptors (Lipinski definition) is 3. The smallest absolute Gasteiger partial charge is 0.229 e. The number of rotatable bonds is 4. The Hall–Kier alpha value is -3.48. The maximum atomic E-state index is 13.2. The quantitative estimate of drug-likeness (QED) is 0.722. The molecular weight excluding hydrogens is 383 g/mol. The lowest BCUT2D eigenvalue weighted by atomic mass is 10.1. The molecule has 6 nitrogen and oxygen atoms in total. The highest BCUT2D eigenvalue weighted by molar-refractivity contribution is 6.03. The first-order valence-electron chi connectivity index (χ1n) is 10.1. The molecule has 1 unspecified atom stereocenters. The van der Waals surface area contributed by atoms with Crippen LogP contribution < -0.4 is 10.2 Å². The standard InChI is InChI=1S/C23H21FN4O2/c24-17-6-8-19(9-7-17)28-14-16(12-22(28)29)23(30)26-18-4-1-3-15(11-18)20-13-25-21-5-2-10-27(20)21/h1,3-4,6-9,11,13,16H,2,5,10,12,14H2,(H,26,30). The molecule has 0 aliphatic carbocycles. The number of fused-ring (bicyclic) bond motifs is 1. The van der Waals surface area contributed by atoms with Crippen LogP contribution in [0.2, 0.25) is 0 Å². The lowest BCUT2D eigenvalue weighted by Crippen LogP contribution is -2.28. The average Bonchev–Trinajstić information content (AvgIpc) is 3.44. The first-order chi connectivity index (χ1) is 14.6. The Morgan fingerprint density at radius 1 is 1.17 bits per heavy atom. The SMILES string of the molecule is O=C(Nc1cccc(-c2cnc3n2CCC3)c1)C1CC(=O)N(c2ccc(F)cc2)C1. The van der Waals surface area contributed by atoms with Crippen LogP contribution in [0, 0.1) is 11.7 Å². The third-order valence-corrected chi connectivity index (χ3v) is 5.78. The van der Waals surface area contributed by atoms with Crippen LogP contribution in [0.5, 0.6) is 0 Å². The fourth-order valence-electron chi connectivity index (χ4n) is 4.24. The number of carbonyl (C=O) groups is 2. The Bertz CT molecular complexity index is 1120. The van der Waals surface area contributed by atoms with E-state index in [4.69, 9.17) is 0 Å². The highest BCUT2D eigenvalue weighted by Crippen LogP contribution is 2.29. The summed E-state index contributed by atoms with van der Waals surface area (Å²) in [5.41, 5.74) is 3.35. The number of aromatic nitrogens is 2. The molecule has 0 saturated carbocycles. The van der Waals surface area contributed by atoms with Gasteiger partial charge in [-0.25, -0.2) is 9.37 Å². The lowest BCUT2D eigenvalue weighted by molar-refractivity contribution is -0.122. The molecule has 152 valence electrons. The highest BCUT2D eigenvalue weighted by Gasteiger charge is 2.35. The molecule has 2 aromatic carbocycles. The highest BCUT2D eigenvalue weighted by atomic mass is 19.1. The van der Waals surface area contributed by atoms with Crippen molar-refractivity contribution in [3.8, 4) is 11.3 Å². The molecule has 3 aromatic rings. The molecule has 30 heavy (non-hydrogen) atoms. The van der Waals surface area contributed by atoms with E-state index in [1.165, 1.54) is 17.0 Å². The van der Waals surface area contributed by atoms with Gasteiger partial charge in [0.25, 0.3) is 0 Å². The van der Waals surface area contributed by atoms with Crippen LogP contribution in [0.15, 0.2) is 54.7 Å². The molecule has 3 heterocycles. The first-order valence-corrected chi connectivity index (χ1v) is 10.1. The molecular formula is C23H21FN4O2. The van der Waals surface area contributed by atoms with Gasteiger partial charge in [0.15, 0.2) is 0 Å². The minimum atomic E-state index is -0.453. The number of hydrogen-bond donors (Lipinski definition) is 1. The summed E-state index contributed by atoms with van der Waals surface area (Å²) in [6, 6.07) is 13.4. The lowest BCUT2D eigenvalue weighted by Gasteiger charge is -2.16. The molecule has 5 rings (SSSR count). The number of imidazole rings is 1. The third kappa shape index (κ3) is 3.36. The van der Waals surface area contributed by atoms with Crippen LogP contribution in [-0.2, 0) is 22.6 Å². The van der Waals surface area contributed by atoms with Gasteiger partial charge in [-0.1, -0.05) is 12.1 Å². The molecule has 1 fully saturated rings. The van der Waals surface area contributed by atoms with Gasteiger partial charge in [-0.05, 0) is 42.8 Å². The average molecular weight is 404 g/mol. The van der Waals surface area contributed by atoms with Gasteiger partial charge in [-0.3, -0.25) is 9.59 Å². The zero-order chi connectivity index (χ0) is 20.7. The van der Waals surface area contributed by atoms with Crippen LogP contribution in [0.3, 0.4) is 0 Å². The van der Waals surface area contributed by atoms with Gasteiger partial charge in [0, 0.05) is 42.9 Å². The van der Waals surface area contributed by atoms with Crippen molar-refractivity contribution < 1.29 is 14.0 Å². The van der Waals surface area contributed by atoms with Crippen LogP contribution in [0.1, 0.15) is 18.7 Å². The number of anilines is 2. The second-order valence-electron chi connectivity index (χ2n) is 7.77. The Balaban J connectivity index is 1.30. The largest absolute Gasteiger partial charge is 0.328 e. The molecule has 0 spiro atoms. The second-order valence-corrected chi connectivity index (χ2v) is 7.77. The molecule has 2 aliphatic rings. The number of nitrogens with one attached hydrogen (secondary N) is 1. The fraction of sp³-hybridized carbons (Fsp3) is 0.261. The van der Waals surface area contributed by atoms with E-state index < -0.39 is 5.92 Å². The number of aryl methyl sites for hydroxylation is 1. The molecule has 7 heteroatoms. The summed E-state index contributed by atoms with van der Waals surface area (Å²) in [6.45, 7) is 1.25. The zero-order valence-corrected chi connectivity index (χ0v) is 16.3. The van der Waals surface area contributed by atoms with Gasteiger partial charge >= 0.3 is 0 Å². The maximum Gasteiger partial charge on any atom is 0.229 e. The summed E-state index contributed by atoms with van der Waals surface area (Å²) < 4.78 is 15.4.